The van der Waals surface area contributed by atoms with Gasteiger partial charge in [0.25, 0.3) is 0 Å². The molecule has 0 heterocycles. The lowest BCUT2D eigenvalue weighted by atomic mass is 10.0. The summed E-state index contributed by atoms with van der Waals surface area (Å²) >= 11 is 0. The topological polar surface area (TPSA) is 65.9 Å². The number of aliphatic imine (C=N–C) groups is 1. The summed E-state index contributed by atoms with van der Waals surface area (Å²) in [4.78, 5) is 4.58. The van der Waals surface area contributed by atoms with Crippen LogP contribution in [0.3, 0.4) is 0 Å². The van der Waals surface area contributed by atoms with Crippen molar-refractivity contribution in [2.45, 2.75) is 33.2 Å². The van der Waals surface area contributed by atoms with Crippen molar-refractivity contribution in [3.63, 3.8) is 0 Å². The molecular weight excluding hydrogens is 453 g/mol. The van der Waals surface area contributed by atoms with E-state index in [1.54, 1.807) is 13.2 Å². The second kappa shape index (κ2) is 11.7. The summed E-state index contributed by atoms with van der Waals surface area (Å²) in [6.07, 6.45) is 0. The van der Waals surface area contributed by atoms with Crippen molar-refractivity contribution in [3.05, 3.63) is 59.2 Å². The van der Waals surface area contributed by atoms with Crippen LogP contribution in [0.15, 0.2) is 47.5 Å². The van der Waals surface area contributed by atoms with Gasteiger partial charge in [-0.05, 0) is 31.4 Å². The lowest BCUT2D eigenvalue weighted by molar-refractivity contribution is 0.370. The van der Waals surface area contributed by atoms with Gasteiger partial charge in [-0.15, -0.1) is 24.0 Å². The molecule has 0 saturated carbocycles. The van der Waals surface area contributed by atoms with Crippen LogP contribution in [0.4, 0.5) is 0 Å². The van der Waals surface area contributed by atoms with Gasteiger partial charge >= 0.3 is 0 Å². The number of hydrogen-bond acceptors (Lipinski definition) is 3. The first-order valence-electron chi connectivity index (χ1n) is 8.98. The standard InChI is InChI=1S/C21H29N3O2.HI/c1-5-22-21(23-13-16(3)17-11-9-15(2)10-12-17)24-14-18-7-6-8-19(26-4)20(18)25;/h6-12,16,25H,5,13-14H2,1-4H3,(H2,22,23,24);1H. The number of methoxy groups -OCH3 is 1. The molecule has 1 atom stereocenters. The van der Waals surface area contributed by atoms with Gasteiger partial charge in [-0.1, -0.05) is 48.9 Å². The Balaban J connectivity index is 0.00000364. The lowest BCUT2D eigenvalue weighted by Crippen LogP contribution is -2.39. The summed E-state index contributed by atoms with van der Waals surface area (Å²) in [5, 5.41) is 16.8. The number of ether oxygens (including phenoxy) is 1. The average Bonchev–Trinajstić information content (AvgIpc) is 2.65. The van der Waals surface area contributed by atoms with E-state index in [0.29, 0.717) is 18.2 Å². The maximum atomic E-state index is 10.2. The largest absolute Gasteiger partial charge is 0.504 e. The third-order valence-corrected chi connectivity index (χ3v) is 4.28. The highest BCUT2D eigenvalue weighted by atomic mass is 127. The van der Waals surface area contributed by atoms with Crippen LogP contribution in [0.2, 0.25) is 0 Å². The summed E-state index contributed by atoms with van der Waals surface area (Å²) in [6, 6.07) is 14.0. The van der Waals surface area contributed by atoms with Gasteiger partial charge in [-0.3, -0.25) is 0 Å². The van der Waals surface area contributed by atoms with E-state index < -0.39 is 0 Å². The molecule has 0 spiro atoms. The second-order valence-corrected chi connectivity index (χ2v) is 6.36. The summed E-state index contributed by atoms with van der Waals surface area (Å²) in [5.74, 6) is 1.70. The van der Waals surface area contributed by atoms with Gasteiger partial charge in [0, 0.05) is 18.7 Å². The number of aromatic hydroxyl groups is 1. The minimum Gasteiger partial charge on any atom is -0.504 e. The molecule has 0 aliphatic rings. The van der Waals surface area contributed by atoms with E-state index in [4.69, 9.17) is 4.74 Å². The van der Waals surface area contributed by atoms with Gasteiger partial charge in [0.2, 0.25) is 0 Å². The van der Waals surface area contributed by atoms with Gasteiger partial charge in [0.15, 0.2) is 17.5 Å². The van der Waals surface area contributed by atoms with E-state index in [2.05, 4.69) is 53.7 Å². The SMILES string of the molecule is CCNC(=NCc1cccc(OC)c1O)NCC(C)c1ccc(C)cc1.I. The number of nitrogens with one attached hydrogen (secondary N) is 2. The van der Waals surface area contributed by atoms with E-state index in [0.717, 1.165) is 24.6 Å². The fraction of sp³-hybridized carbons (Fsp3) is 0.381. The van der Waals surface area contributed by atoms with Crippen molar-refractivity contribution in [1.29, 1.82) is 0 Å². The fourth-order valence-corrected chi connectivity index (χ4v) is 2.63. The van der Waals surface area contributed by atoms with Gasteiger partial charge < -0.3 is 20.5 Å². The Morgan fingerprint density at radius 1 is 1.15 bits per heavy atom. The number of guanidine groups is 1. The molecule has 6 heteroatoms. The van der Waals surface area contributed by atoms with Crippen molar-refractivity contribution in [2.24, 2.45) is 4.99 Å². The van der Waals surface area contributed by atoms with Crippen molar-refractivity contribution in [1.82, 2.24) is 10.6 Å². The first-order chi connectivity index (χ1) is 12.5. The first-order valence-corrected chi connectivity index (χ1v) is 8.98. The molecule has 0 saturated heterocycles. The first kappa shape index (κ1) is 23.1. The number of aryl methyl sites for hydroxylation is 1. The Morgan fingerprint density at radius 2 is 1.85 bits per heavy atom. The predicted molar refractivity (Wildman–Crippen MR) is 122 cm³/mol. The number of nitrogens with zero attached hydrogens (tertiary/aromatic N) is 1. The number of para-hydroxylation sites is 1. The molecule has 2 aromatic carbocycles. The average molecular weight is 483 g/mol. The van der Waals surface area contributed by atoms with Gasteiger partial charge in [-0.25, -0.2) is 4.99 Å². The number of hydrogen-bond donors (Lipinski definition) is 3. The van der Waals surface area contributed by atoms with Gasteiger partial charge in [0.05, 0.1) is 13.7 Å². The maximum absolute atomic E-state index is 10.2. The van der Waals surface area contributed by atoms with E-state index in [1.807, 2.05) is 19.1 Å². The summed E-state index contributed by atoms with van der Waals surface area (Å²) < 4.78 is 5.15. The third-order valence-electron chi connectivity index (χ3n) is 4.28. The molecular formula is C21H30IN3O2. The molecule has 27 heavy (non-hydrogen) atoms. The minimum absolute atomic E-state index is 0. The van der Waals surface area contributed by atoms with E-state index >= 15 is 0 Å². The molecule has 5 nitrogen and oxygen atoms in total. The monoisotopic (exact) mass is 483 g/mol. The highest BCUT2D eigenvalue weighted by Crippen LogP contribution is 2.29. The van der Waals surface area contributed by atoms with Crippen LogP contribution < -0.4 is 15.4 Å². The van der Waals surface area contributed by atoms with Crippen LogP contribution in [-0.2, 0) is 6.54 Å². The molecule has 0 bridgehead atoms. The molecule has 2 rings (SSSR count). The molecule has 0 aliphatic carbocycles. The number of rotatable bonds is 7. The number of phenolic OH excluding ortho intramolecular Hbond substituents is 1. The van der Waals surface area contributed by atoms with Gasteiger partial charge in [0.1, 0.15) is 0 Å². The van der Waals surface area contributed by atoms with Crippen LogP contribution in [0.25, 0.3) is 0 Å². The summed E-state index contributed by atoms with van der Waals surface area (Å²) in [7, 11) is 1.54. The smallest absolute Gasteiger partial charge is 0.191 e. The lowest BCUT2D eigenvalue weighted by Gasteiger charge is -2.16. The highest BCUT2D eigenvalue weighted by molar-refractivity contribution is 14.0. The molecule has 0 amide bonds. The molecule has 0 aromatic heterocycles. The molecule has 1 unspecified atom stereocenters. The Kier molecular flexibility index (Phi) is 9.99. The van der Waals surface area contributed by atoms with Gasteiger partial charge in [-0.2, -0.15) is 0 Å². The van der Waals surface area contributed by atoms with Crippen LogP contribution in [0.5, 0.6) is 11.5 Å². The summed E-state index contributed by atoms with van der Waals surface area (Å²) in [5.41, 5.74) is 3.29. The van der Waals surface area contributed by atoms with Crippen LogP contribution in [0.1, 0.15) is 36.5 Å². The molecule has 3 N–H and O–H groups in total. The molecule has 0 fully saturated rings. The molecule has 148 valence electrons. The predicted octanol–water partition coefficient (Wildman–Crippen LogP) is 4.19. The highest BCUT2D eigenvalue weighted by Gasteiger charge is 2.09. The fourth-order valence-electron chi connectivity index (χ4n) is 2.63. The number of phenols is 1. The zero-order chi connectivity index (χ0) is 18.9. The zero-order valence-corrected chi connectivity index (χ0v) is 18.8. The Labute approximate surface area is 179 Å². The van der Waals surface area contributed by atoms with E-state index in [1.165, 1.54) is 11.1 Å². The third kappa shape index (κ3) is 6.93. The summed E-state index contributed by atoms with van der Waals surface area (Å²) in [6.45, 7) is 8.24. The van der Waals surface area contributed by atoms with Crippen molar-refractivity contribution >= 4 is 29.9 Å². The normalized spacial score (nSPS) is 12.1. The van der Waals surface area contributed by atoms with Crippen LogP contribution >= 0.6 is 24.0 Å². The maximum Gasteiger partial charge on any atom is 0.191 e. The second-order valence-electron chi connectivity index (χ2n) is 6.36. The van der Waals surface area contributed by atoms with Crippen LogP contribution in [0, 0.1) is 6.92 Å². The van der Waals surface area contributed by atoms with E-state index in [-0.39, 0.29) is 29.7 Å². The number of benzene rings is 2. The molecule has 0 aliphatic heterocycles. The van der Waals surface area contributed by atoms with Crippen molar-refractivity contribution in [3.8, 4) is 11.5 Å². The van der Waals surface area contributed by atoms with Crippen LogP contribution in [-0.4, -0.2) is 31.3 Å². The Hall–Kier alpha value is -1.96. The number of halogens is 1. The zero-order valence-electron chi connectivity index (χ0n) is 16.5. The molecule has 2 aromatic rings. The minimum atomic E-state index is 0. The van der Waals surface area contributed by atoms with Crippen molar-refractivity contribution in [2.75, 3.05) is 20.2 Å². The molecule has 0 radical (unpaired) electrons. The Morgan fingerprint density at radius 3 is 2.48 bits per heavy atom. The quantitative estimate of drug-likeness (QED) is 0.314. The Bertz CT molecular complexity index is 733. The van der Waals surface area contributed by atoms with Crippen molar-refractivity contribution < 1.29 is 9.84 Å². The van der Waals surface area contributed by atoms with E-state index in [9.17, 15) is 5.11 Å².